The zero-order valence-corrected chi connectivity index (χ0v) is 19.6. The van der Waals surface area contributed by atoms with Gasteiger partial charge in [0.05, 0.1) is 6.04 Å². The number of amides is 3. The van der Waals surface area contributed by atoms with Crippen LogP contribution in [0, 0.1) is 0 Å². The number of benzene rings is 1. The molecular formula is C22H32N4O6S. The maximum atomic E-state index is 12.9. The summed E-state index contributed by atoms with van der Waals surface area (Å²) in [4.78, 5) is 49.5. The molecule has 1 saturated heterocycles. The topological polar surface area (TPSA) is 157 Å². The molecule has 0 spiro atoms. The van der Waals surface area contributed by atoms with Crippen molar-refractivity contribution in [2.75, 3.05) is 18.6 Å². The third-order valence-electron chi connectivity index (χ3n) is 5.36. The first-order valence-electron chi connectivity index (χ1n) is 10.9. The maximum Gasteiger partial charge on any atom is 0.326 e. The lowest BCUT2D eigenvalue weighted by atomic mass is 10.0. The van der Waals surface area contributed by atoms with Gasteiger partial charge in [-0.2, -0.15) is 11.8 Å². The molecule has 0 aromatic heterocycles. The molecule has 3 amide bonds. The fraction of sp³-hybridized carbons (Fsp3) is 0.545. The van der Waals surface area contributed by atoms with E-state index in [2.05, 4.69) is 21.3 Å². The first-order valence-corrected chi connectivity index (χ1v) is 12.2. The minimum atomic E-state index is -1.16. The second-order valence-corrected chi connectivity index (χ2v) is 8.98. The van der Waals surface area contributed by atoms with Gasteiger partial charge in [0.1, 0.15) is 23.9 Å². The molecule has 11 heteroatoms. The van der Waals surface area contributed by atoms with E-state index < -0.39 is 35.9 Å². The van der Waals surface area contributed by atoms with E-state index in [0.717, 1.165) is 13.0 Å². The Morgan fingerprint density at radius 3 is 2.33 bits per heavy atom. The van der Waals surface area contributed by atoms with Gasteiger partial charge in [0.15, 0.2) is 0 Å². The Hall–Kier alpha value is -2.79. The number of carbonyl (C=O) groups excluding carboxylic acids is 3. The number of carbonyl (C=O) groups is 4. The van der Waals surface area contributed by atoms with Crippen molar-refractivity contribution in [1.82, 2.24) is 21.3 Å². The number of phenolic OH excluding ortho intramolecular Hbond substituents is 1. The number of carboxylic acids is 1. The van der Waals surface area contributed by atoms with E-state index in [-0.39, 0.29) is 30.5 Å². The third-order valence-corrected chi connectivity index (χ3v) is 6.01. The largest absolute Gasteiger partial charge is 0.508 e. The van der Waals surface area contributed by atoms with Crippen LogP contribution in [0.2, 0.25) is 0 Å². The lowest BCUT2D eigenvalue weighted by Gasteiger charge is -2.24. The van der Waals surface area contributed by atoms with Gasteiger partial charge in [-0.25, -0.2) is 4.79 Å². The molecule has 0 aliphatic carbocycles. The fourth-order valence-electron chi connectivity index (χ4n) is 3.43. The van der Waals surface area contributed by atoms with Crippen molar-refractivity contribution < 1.29 is 29.4 Å². The standard InChI is InChI=1S/C22H32N4O6S/c1-13(24-20(29)16-4-3-10-23-16)19(28)26-18(12-14-5-7-15(27)8-6-14)21(30)25-17(22(31)32)9-11-33-2/h5-8,13,16-18,23,27H,3-4,9-12H2,1-2H3,(H,24,29)(H,25,30)(H,26,28)(H,31,32). The average molecular weight is 481 g/mol. The Morgan fingerprint density at radius 2 is 1.76 bits per heavy atom. The molecule has 4 atom stereocenters. The molecule has 1 aromatic carbocycles. The lowest BCUT2D eigenvalue weighted by Crippen LogP contribution is -2.57. The van der Waals surface area contributed by atoms with Crippen LogP contribution in [0.25, 0.3) is 0 Å². The van der Waals surface area contributed by atoms with Crippen molar-refractivity contribution in [3.05, 3.63) is 29.8 Å². The molecule has 2 rings (SSSR count). The van der Waals surface area contributed by atoms with Crippen molar-refractivity contribution in [2.45, 2.75) is 56.8 Å². The van der Waals surface area contributed by atoms with Gasteiger partial charge in [0.25, 0.3) is 0 Å². The summed E-state index contributed by atoms with van der Waals surface area (Å²) in [6.45, 7) is 2.27. The highest BCUT2D eigenvalue weighted by Gasteiger charge is 2.30. The maximum absolute atomic E-state index is 12.9. The predicted molar refractivity (Wildman–Crippen MR) is 125 cm³/mol. The summed E-state index contributed by atoms with van der Waals surface area (Å²) >= 11 is 1.46. The molecule has 4 unspecified atom stereocenters. The Balaban J connectivity index is 2.08. The van der Waals surface area contributed by atoms with Crippen LogP contribution in [0.1, 0.15) is 31.7 Å². The van der Waals surface area contributed by atoms with Crippen molar-refractivity contribution in [2.24, 2.45) is 0 Å². The van der Waals surface area contributed by atoms with Crippen LogP contribution >= 0.6 is 11.8 Å². The second kappa shape index (κ2) is 13.0. The highest BCUT2D eigenvalue weighted by molar-refractivity contribution is 7.98. The second-order valence-electron chi connectivity index (χ2n) is 7.99. The van der Waals surface area contributed by atoms with E-state index in [9.17, 15) is 29.4 Å². The average Bonchev–Trinajstić information content (AvgIpc) is 3.32. The Bertz CT molecular complexity index is 829. The fourth-order valence-corrected chi connectivity index (χ4v) is 3.90. The lowest BCUT2D eigenvalue weighted by molar-refractivity contribution is -0.142. The summed E-state index contributed by atoms with van der Waals surface area (Å²) in [5, 5.41) is 29.8. The number of rotatable bonds is 12. The van der Waals surface area contributed by atoms with Crippen LogP contribution in [0.5, 0.6) is 5.75 Å². The summed E-state index contributed by atoms with van der Waals surface area (Å²) in [7, 11) is 0. The Morgan fingerprint density at radius 1 is 1.09 bits per heavy atom. The van der Waals surface area contributed by atoms with Gasteiger partial charge >= 0.3 is 5.97 Å². The molecule has 1 aliphatic heterocycles. The minimum absolute atomic E-state index is 0.0589. The number of carboxylic acid groups (broad SMARTS) is 1. The number of aromatic hydroxyl groups is 1. The quantitative estimate of drug-likeness (QED) is 0.244. The Kier molecular flexibility index (Phi) is 10.5. The molecule has 1 aliphatic rings. The van der Waals surface area contributed by atoms with Gasteiger partial charge in [0, 0.05) is 6.42 Å². The molecule has 6 N–H and O–H groups in total. The number of hydrogen-bond donors (Lipinski definition) is 6. The van der Waals surface area contributed by atoms with E-state index in [1.807, 2.05) is 6.26 Å². The first-order chi connectivity index (χ1) is 15.7. The van der Waals surface area contributed by atoms with Crippen LogP contribution in [0.3, 0.4) is 0 Å². The monoisotopic (exact) mass is 480 g/mol. The van der Waals surface area contributed by atoms with Crippen LogP contribution in [-0.2, 0) is 25.6 Å². The number of thioether (sulfide) groups is 1. The van der Waals surface area contributed by atoms with Crippen molar-refractivity contribution >= 4 is 35.5 Å². The number of hydrogen-bond acceptors (Lipinski definition) is 7. The molecule has 33 heavy (non-hydrogen) atoms. The van der Waals surface area contributed by atoms with Crippen molar-refractivity contribution in [3.8, 4) is 5.75 Å². The predicted octanol–water partition coefficient (Wildman–Crippen LogP) is -0.00130. The van der Waals surface area contributed by atoms with Crippen molar-refractivity contribution in [3.63, 3.8) is 0 Å². The molecule has 0 radical (unpaired) electrons. The Labute approximate surface area is 197 Å². The van der Waals surface area contributed by atoms with Crippen LogP contribution in [-0.4, -0.2) is 76.6 Å². The summed E-state index contributed by atoms with van der Waals surface area (Å²) in [5.41, 5.74) is 0.663. The normalized spacial score (nSPS) is 18.1. The van der Waals surface area contributed by atoms with Gasteiger partial charge in [-0.05, 0) is 62.4 Å². The molecule has 1 aromatic rings. The number of nitrogens with one attached hydrogen (secondary N) is 4. The smallest absolute Gasteiger partial charge is 0.326 e. The highest BCUT2D eigenvalue weighted by atomic mass is 32.2. The minimum Gasteiger partial charge on any atom is -0.508 e. The summed E-state index contributed by atoms with van der Waals surface area (Å²) in [6.07, 6.45) is 3.74. The van der Waals surface area contributed by atoms with E-state index >= 15 is 0 Å². The molecule has 182 valence electrons. The van der Waals surface area contributed by atoms with Gasteiger partial charge in [0.2, 0.25) is 17.7 Å². The number of phenols is 1. The SMILES string of the molecule is CSCCC(NC(=O)C(Cc1ccc(O)cc1)NC(=O)C(C)NC(=O)C1CCCN1)C(=O)O. The molecule has 0 bridgehead atoms. The van der Waals surface area contributed by atoms with Crippen LogP contribution in [0.15, 0.2) is 24.3 Å². The summed E-state index contributed by atoms with van der Waals surface area (Å²) in [5.74, 6) is -2.03. The number of aliphatic carboxylic acids is 1. The summed E-state index contributed by atoms with van der Waals surface area (Å²) < 4.78 is 0. The third kappa shape index (κ3) is 8.58. The van der Waals surface area contributed by atoms with Crippen LogP contribution < -0.4 is 21.3 Å². The molecular weight excluding hydrogens is 448 g/mol. The summed E-state index contributed by atoms with van der Waals surface area (Å²) in [6, 6.07) is 2.76. The van der Waals surface area contributed by atoms with E-state index in [0.29, 0.717) is 17.7 Å². The first kappa shape index (κ1) is 26.5. The van der Waals surface area contributed by atoms with Crippen LogP contribution in [0.4, 0.5) is 0 Å². The van der Waals surface area contributed by atoms with Gasteiger partial charge in [-0.3, -0.25) is 14.4 Å². The highest BCUT2D eigenvalue weighted by Crippen LogP contribution is 2.12. The zero-order chi connectivity index (χ0) is 24.4. The van der Waals surface area contributed by atoms with E-state index in [4.69, 9.17) is 0 Å². The zero-order valence-electron chi connectivity index (χ0n) is 18.8. The molecule has 1 fully saturated rings. The van der Waals surface area contributed by atoms with Crippen molar-refractivity contribution in [1.29, 1.82) is 0 Å². The van der Waals surface area contributed by atoms with Gasteiger partial charge in [-0.15, -0.1) is 0 Å². The van der Waals surface area contributed by atoms with E-state index in [1.54, 1.807) is 12.1 Å². The van der Waals surface area contributed by atoms with Gasteiger partial charge < -0.3 is 31.5 Å². The molecule has 1 heterocycles. The van der Waals surface area contributed by atoms with E-state index in [1.165, 1.54) is 30.8 Å². The molecule has 0 saturated carbocycles. The van der Waals surface area contributed by atoms with Gasteiger partial charge in [-0.1, -0.05) is 12.1 Å². The molecule has 10 nitrogen and oxygen atoms in total.